The van der Waals surface area contributed by atoms with Crippen LogP contribution < -0.4 is 4.74 Å². The molecule has 1 aromatic carbocycles. The Hall–Kier alpha value is -3.19. The lowest BCUT2D eigenvalue weighted by atomic mass is 9.95. The molecule has 7 nitrogen and oxygen atoms in total. The van der Waals surface area contributed by atoms with Gasteiger partial charge in [0, 0.05) is 24.5 Å². The fourth-order valence-corrected chi connectivity index (χ4v) is 4.59. The van der Waals surface area contributed by atoms with Crippen LogP contribution in [0.1, 0.15) is 70.0 Å². The predicted molar refractivity (Wildman–Crippen MR) is 142 cm³/mol. The van der Waals surface area contributed by atoms with Crippen molar-refractivity contribution in [2.75, 3.05) is 32.8 Å². The minimum Gasteiger partial charge on any atom is -0.507 e. The number of aromatic nitrogens is 1. The lowest BCUT2D eigenvalue weighted by Gasteiger charge is -2.27. The zero-order valence-electron chi connectivity index (χ0n) is 21.8. The molecule has 1 aliphatic heterocycles. The summed E-state index contributed by atoms with van der Waals surface area (Å²) in [6, 6.07) is 10.1. The summed E-state index contributed by atoms with van der Waals surface area (Å²) in [6.45, 7) is 10.2. The first-order chi connectivity index (χ1) is 17.5. The number of Topliss-reactive ketones (excluding diaryl/α,β-unsaturated/α-hetero) is 1. The largest absolute Gasteiger partial charge is 0.507 e. The molecule has 1 fully saturated rings. The fraction of sp³-hybridized carbons (Fsp3) is 0.483. The SMILES string of the molecule is CCCCCCOc1ccc(C2/C(=C(\O)c3ccncc3)C(=O)C(=O)N2CCCN(CC)CC)cc1. The van der Waals surface area contributed by atoms with Gasteiger partial charge in [-0.2, -0.15) is 0 Å². The molecular formula is C29H39N3O4. The monoisotopic (exact) mass is 493 g/mol. The zero-order valence-corrected chi connectivity index (χ0v) is 21.8. The van der Waals surface area contributed by atoms with Crippen molar-refractivity contribution >= 4 is 17.4 Å². The van der Waals surface area contributed by atoms with Crippen molar-refractivity contribution in [3.63, 3.8) is 0 Å². The van der Waals surface area contributed by atoms with E-state index in [9.17, 15) is 14.7 Å². The minimum atomic E-state index is -0.659. The van der Waals surface area contributed by atoms with E-state index in [1.54, 1.807) is 29.4 Å². The number of ether oxygens (including phenoxy) is 1. The lowest BCUT2D eigenvalue weighted by molar-refractivity contribution is -0.140. The van der Waals surface area contributed by atoms with Crippen LogP contribution in [0, 0.1) is 0 Å². The van der Waals surface area contributed by atoms with E-state index in [0.717, 1.165) is 50.2 Å². The van der Waals surface area contributed by atoms with Crippen molar-refractivity contribution in [1.29, 1.82) is 0 Å². The molecule has 0 spiro atoms. The molecule has 1 unspecified atom stereocenters. The highest BCUT2D eigenvalue weighted by atomic mass is 16.5. The maximum Gasteiger partial charge on any atom is 0.295 e. The molecule has 194 valence electrons. The molecule has 36 heavy (non-hydrogen) atoms. The average molecular weight is 494 g/mol. The van der Waals surface area contributed by atoms with Crippen LogP contribution >= 0.6 is 0 Å². The Labute approximate surface area is 214 Å². The number of nitrogens with zero attached hydrogens (tertiary/aromatic N) is 3. The predicted octanol–water partition coefficient (Wildman–Crippen LogP) is 5.19. The number of carbonyl (C=O) groups is 2. The minimum absolute atomic E-state index is 0.113. The Balaban J connectivity index is 1.88. The number of aliphatic hydroxyl groups excluding tert-OH is 1. The molecule has 1 aliphatic rings. The van der Waals surface area contributed by atoms with Gasteiger partial charge in [0.25, 0.3) is 11.7 Å². The summed E-state index contributed by atoms with van der Waals surface area (Å²) in [6.07, 6.45) is 8.38. The first-order valence-electron chi connectivity index (χ1n) is 13.2. The van der Waals surface area contributed by atoms with E-state index in [1.165, 1.54) is 12.8 Å². The molecule has 2 aromatic rings. The molecule has 3 rings (SSSR count). The number of ketones is 1. The quantitative estimate of drug-likeness (QED) is 0.169. The summed E-state index contributed by atoms with van der Waals surface area (Å²) < 4.78 is 5.88. The number of benzene rings is 1. The lowest BCUT2D eigenvalue weighted by Crippen LogP contribution is -2.33. The molecule has 0 aliphatic carbocycles. The molecule has 1 atom stereocenters. The Bertz CT molecular complexity index is 1020. The number of hydrogen-bond donors (Lipinski definition) is 1. The molecule has 7 heteroatoms. The number of rotatable bonds is 14. The third kappa shape index (κ3) is 6.72. The molecule has 0 bridgehead atoms. The second-order valence-electron chi connectivity index (χ2n) is 9.09. The number of aliphatic hydroxyl groups is 1. The van der Waals surface area contributed by atoms with Crippen molar-refractivity contribution in [2.24, 2.45) is 0 Å². The summed E-state index contributed by atoms with van der Waals surface area (Å²) in [5.41, 5.74) is 1.34. The van der Waals surface area contributed by atoms with Gasteiger partial charge in [-0.3, -0.25) is 14.6 Å². The van der Waals surface area contributed by atoms with E-state index in [0.29, 0.717) is 18.7 Å². The van der Waals surface area contributed by atoms with E-state index < -0.39 is 17.7 Å². The van der Waals surface area contributed by atoms with E-state index in [4.69, 9.17) is 4.74 Å². The van der Waals surface area contributed by atoms with E-state index >= 15 is 0 Å². The van der Waals surface area contributed by atoms with Crippen molar-refractivity contribution < 1.29 is 19.4 Å². The summed E-state index contributed by atoms with van der Waals surface area (Å²) in [7, 11) is 0. The van der Waals surface area contributed by atoms with Crippen LogP contribution in [0.25, 0.3) is 5.76 Å². The third-order valence-electron chi connectivity index (χ3n) is 6.72. The summed E-state index contributed by atoms with van der Waals surface area (Å²) in [4.78, 5) is 34.2. The maximum atomic E-state index is 13.2. The van der Waals surface area contributed by atoms with Crippen LogP contribution in [0.3, 0.4) is 0 Å². The number of hydrogen-bond acceptors (Lipinski definition) is 6. The number of likely N-dealkylation sites (tertiary alicyclic amines) is 1. The number of carbonyl (C=O) groups excluding carboxylic acids is 2. The Morgan fingerprint density at radius 1 is 0.972 bits per heavy atom. The number of pyridine rings is 1. The van der Waals surface area contributed by atoms with Gasteiger partial charge in [0.2, 0.25) is 0 Å². The second kappa shape index (κ2) is 13.8. The van der Waals surface area contributed by atoms with Crippen molar-refractivity contribution in [2.45, 2.75) is 58.9 Å². The Kier molecular flexibility index (Phi) is 10.5. The van der Waals surface area contributed by atoms with Crippen LogP contribution in [-0.2, 0) is 9.59 Å². The van der Waals surface area contributed by atoms with Gasteiger partial charge in [0.05, 0.1) is 18.2 Å². The van der Waals surface area contributed by atoms with Gasteiger partial charge in [-0.05, 0) is 62.3 Å². The zero-order chi connectivity index (χ0) is 25.9. The van der Waals surface area contributed by atoms with Gasteiger partial charge in [0.15, 0.2) is 0 Å². The van der Waals surface area contributed by atoms with Gasteiger partial charge in [0.1, 0.15) is 11.5 Å². The van der Waals surface area contributed by atoms with Crippen molar-refractivity contribution in [1.82, 2.24) is 14.8 Å². The van der Waals surface area contributed by atoms with Gasteiger partial charge in [-0.25, -0.2) is 0 Å². The van der Waals surface area contributed by atoms with Crippen molar-refractivity contribution in [3.05, 3.63) is 65.5 Å². The van der Waals surface area contributed by atoms with Gasteiger partial charge in [-0.1, -0.05) is 52.2 Å². The smallest absolute Gasteiger partial charge is 0.295 e. The highest BCUT2D eigenvalue weighted by Crippen LogP contribution is 2.39. The normalized spacial score (nSPS) is 17.2. The maximum absolute atomic E-state index is 13.2. The van der Waals surface area contributed by atoms with E-state index in [2.05, 4.69) is 30.7 Å². The highest BCUT2D eigenvalue weighted by molar-refractivity contribution is 6.46. The van der Waals surface area contributed by atoms with Crippen molar-refractivity contribution in [3.8, 4) is 5.75 Å². The van der Waals surface area contributed by atoms with Gasteiger partial charge in [-0.15, -0.1) is 0 Å². The first kappa shape index (κ1) is 27.4. The number of unbranched alkanes of at least 4 members (excludes halogenated alkanes) is 3. The Morgan fingerprint density at radius 2 is 1.67 bits per heavy atom. The van der Waals surface area contributed by atoms with Crippen LogP contribution in [0.15, 0.2) is 54.4 Å². The van der Waals surface area contributed by atoms with E-state index in [-0.39, 0.29) is 11.3 Å². The molecular weight excluding hydrogens is 454 g/mol. The summed E-state index contributed by atoms with van der Waals surface area (Å²) in [5.74, 6) is -0.661. The molecule has 0 radical (unpaired) electrons. The highest BCUT2D eigenvalue weighted by Gasteiger charge is 2.45. The van der Waals surface area contributed by atoms with Gasteiger partial charge >= 0.3 is 0 Å². The molecule has 1 aromatic heterocycles. The topological polar surface area (TPSA) is 83.0 Å². The second-order valence-corrected chi connectivity index (χ2v) is 9.09. The van der Waals surface area contributed by atoms with Gasteiger partial charge < -0.3 is 19.6 Å². The molecule has 2 heterocycles. The summed E-state index contributed by atoms with van der Waals surface area (Å²) in [5, 5.41) is 11.1. The van der Waals surface area contributed by atoms with Crippen LogP contribution in [0.5, 0.6) is 5.75 Å². The first-order valence-corrected chi connectivity index (χ1v) is 13.2. The van der Waals surface area contributed by atoms with Crippen LogP contribution in [0.2, 0.25) is 0 Å². The Morgan fingerprint density at radius 3 is 2.31 bits per heavy atom. The number of amides is 1. The average Bonchev–Trinajstić information content (AvgIpc) is 3.16. The molecule has 0 saturated carbocycles. The van der Waals surface area contributed by atoms with Crippen LogP contribution in [-0.4, -0.2) is 64.4 Å². The third-order valence-corrected chi connectivity index (χ3v) is 6.72. The van der Waals surface area contributed by atoms with Crippen LogP contribution in [0.4, 0.5) is 0 Å². The molecule has 1 saturated heterocycles. The summed E-state index contributed by atoms with van der Waals surface area (Å²) >= 11 is 0. The molecule has 1 N–H and O–H groups in total. The van der Waals surface area contributed by atoms with E-state index in [1.807, 2.05) is 24.3 Å². The molecule has 1 amide bonds. The standard InChI is InChI=1S/C29H39N3O4/c1-4-7-8-9-21-36-24-13-11-22(12-14-24)26-25(27(33)23-15-17-30-18-16-23)28(34)29(35)32(26)20-10-19-31(5-2)6-3/h11-18,26,33H,4-10,19-21H2,1-3H3/b27-25+. The fourth-order valence-electron chi connectivity index (χ4n) is 4.59.